The van der Waals surface area contributed by atoms with Crippen LogP contribution in [0.4, 0.5) is 5.69 Å². The van der Waals surface area contributed by atoms with Gasteiger partial charge in [-0.1, -0.05) is 22.8 Å². The minimum absolute atomic E-state index is 0.0741. The number of pyridine rings is 1. The third-order valence-corrected chi connectivity index (χ3v) is 4.90. The zero-order valence-corrected chi connectivity index (χ0v) is 15.5. The zero-order valence-electron chi connectivity index (χ0n) is 14.7. The Kier molecular flexibility index (Phi) is 4.87. The first-order chi connectivity index (χ1) is 13.1. The van der Waals surface area contributed by atoms with Gasteiger partial charge in [0.25, 0.3) is 0 Å². The van der Waals surface area contributed by atoms with E-state index >= 15 is 0 Å². The number of benzene rings is 1. The lowest BCUT2D eigenvalue weighted by atomic mass is 10.0. The summed E-state index contributed by atoms with van der Waals surface area (Å²) in [5.74, 6) is 1.20. The molecule has 1 aliphatic heterocycles. The number of nitrogens with zero attached hydrogens (tertiary/aromatic N) is 4. The molecule has 3 heterocycles. The van der Waals surface area contributed by atoms with Crippen molar-refractivity contribution in [1.29, 1.82) is 0 Å². The minimum atomic E-state index is -0.0741. The van der Waals surface area contributed by atoms with Crippen LogP contribution in [0.2, 0.25) is 5.02 Å². The molecule has 3 aromatic rings. The fraction of sp³-hybridized carbons (Fsp3) is 0.263. The van der Waals surface area contributed by atoms with Gasteiger partial charge in [-0.05, 0) is 36.8 Å². The summed E-state index contributed by atoms with van der Waals surface area (Å²) < 4.78 is 5.37. The lowest BCUT2D eigenvalue weighted by Gasteiger charge is -2.36. The maximum absolute atomic E-state index is 12.2. The van der Waals surface area contributed by atoms with Crippen molar-refractivity contribution in [2.24, 2.45) is 0 Å². The van der Waals surface area contributed by atoms with Crippen LogP contribution in [0.3, 0.4) is 0 Å². The van der Waals surface area contributed by atoms with Crippen molar-refractivity contribution in [3.8, 4) is 11.4 Å². The molecule has 1 aromatic carbocycles. The smallest absolute Gasteiger partial charge is 0.238 e. The number of likely N-dealkylation sites (tertiary alicyclic amines) is 1. The van der Waals surface area contributed by atoms with Crippen LogP contribution in [0, 0.1) is 6.92 Å². The second-order valence-electron chi connectivity index (χ2n) is 6.60. The molecule has 8 heteroatoms. The molecule has 0 saturated carbocycles. The summed E-state index contributed by atoms with van der Waals surface area (Å²) in [7, 11) is 0. The number of carbonyl (C=O) groups is 1. The number of nitrogens with one attached hydrogen (secondary N) is 1. The summed E-state index contributed by atoms with van der Waals surface area (Å²) in [5, 5.41) is 7.51. The van der Waals surface area contributed by atoms with Crippen molar-refractivity contribution >= 4 is 23.2 Å². The predicted molar refractivity (Wildman–Crippen MR) is 102 cm³/mol. The van der Waals surface area contributed by atoms with E-state index in [4.69, 9.17) is 16.1 Å². The van der Waals surface area contributed by atoms with Gasteiger partial charge in [0.05, 0.1) is 12.5 Å². The van der Waals surface area contributed by atoms with Crippen LogP contribution in [0.1, 0.15) is 17.4 Å². The van der Waals surface area contributed by atoms with Gasteiger partial charge in [0.2, 0.25) is 17.6 Å². The number of aromatic nitrogens is 3. The summed E-state index contributed by atoms with van der Waals surface area (Å²) in [4.78, 5) is 22.7. The summed E-state index contributed by atoms with van der Waals surface area (Å²) in [6.45, 7) is 3.64. The number of halogens is 1. The first-order valence-electron chi connectivity index (χ1n) is 8.61. The first kappa shape index (κ1) is 17.6. The highest BCUT2D eigenvalue weighted by molar-refractivity contribution is 6.31. The summed E-state index contributed by atoms with van der Waals surface area (Å²) in [5.41, 5.74) is 2.50. The molecule has 0 unspecified atom stereocenters. The molecule has 1 fully saturated rings. The number of hydrogen-bond donors (Lipinski definition) is 1. The SMILES string of the molecule is Cc1ccc(NC(=O)CN2CC(c3nc(-c4cccnc4)no3)C2)cc1Cl. The maximum Gasteiger partial charge on any atom is 0.238 e. The average molecular weight is 384 g/mol. The highest BCUT2D eigenvalue weighted by atomic mass is 35.5. The quantitative estimate of drug-likeness (QED) is 0.728. The van der Waals surface area contributed by atoms with E-state index in [0.717, 1.165) is 11.1 Å². The molecule has 0 radical (unpaired) electrons. The Balaban J connectivity index is 1.29. The van der Waals surface area contributed by atoms with Crippen LogP contribution in [0.5, 0.6) is 0 Å². The fourth-order valence-corrected chi connectivity index (χ4v) is 3.12. The standard InChI is InChI=1S/C19H18ClN5O2/c1-12-4-5-15(7-16(12)20)22-17(26)11-25-9-14(10-25)19-23-18(24-27-19)13-3-2-6-21-8-13/h2-8,14H,9-11H2,1H3,(H,22,26). The molecule has 0 spiro atoms. The maximum atomic E-state index is 12.2. The molecular formula is C19H18ClN5O2. The van der Waals surface area contributed by atoms with Crippen molar-refractivity contribution in [3.05, 3.63) is 59.2 Å². The van der Waals surface area contributed by atoms with Crippen LogP contribution in [-0.2, 0) is 4.79 Å². The van der Waals surface area contributed by atoms with Gasteiger partial charge in [-0.2, -0.15) is 4.98 Å². The molecule has 4 rings (SSSR count). The van der Waals surface area contributed by atoms with Gasteiger partial charge in [-0.3, -0.25) is 14.7 Å². The Bertz CT molecular complexity index is 954. The Morgan fingerprint density at radius 2 is 2.22 bits per heavy atom. The molecule has 0 bridgehead atoms. The van der Waals surface area contributed by atoms with E-state index in [1.807, 2.05) is 36.1 Å². The summed E-state index contributed by atoms with van der Waals surface area (Å²) in [6.07, 6.45) is 3.40. The van der Waals surface area contributed by atoms with Gasteiger partial charge >= 0.3 is 0 Å². The van der Waals surface area contributed by atoms with E-state index in [-0.39, 0.29) is 11.8 Å². The molecule has 27 heavy (non-hydrogen) atoms. The van der Waals surface area contributed by atoms with Crippen molar-refractivity contribution in [1.82, 2.24) is 20.0 Å². The first-order valence-corrected chi connectivity index (χ1v) is 8.98. The largest absolute Gasteiger partial charge is 0.339 e. The van der Waals surface area contributed by atoms with Gasteiger partial charge < -0.3 is 9.84 Å². The van der Waals surface area contributed by atoms with E-state index in [1.54, 1.807) is 18.5 Å². The third kappa shape index (κ3) is 3.99. The molecule has 0 atom stereocenters. The van der Waals surface area contributed by atoms with Crippen LogP contribution in [-0.4, -0.2) is 45.6 Å². The minimum Gasteiger partial charge on any atom is -0.339 e. The normalized spacial score (nSPS) is 14.7. The Labute approximate surface area is 161 Å². The topological polar surface area (TPSA) is 84.2 Å². The van der Waals surface area contributed by atoms with E-state index in [9.17, 15) is 4.79 Å². The van der Waals surface area contributed by atoms with E-state index < -0.39 is 0 Å². The van der Waals surface area contributed by atoms with Crippen LogP contribution >= 0.6 is 11.6 Å². The van der Waals surface area contributed by atoms with E-state index in [1.165, 1.54) is 0 Å². The average Bonchev–Trinajstić information content (AvgIpc) is 3.11. The van der Waals surface area contributed by atoms with Crippen LogP contribution < -0.4 is 5.32 Å². The molecule has 1 amide bonds. The van der Waals surface area contributed by atoms with Crippen LogP contribution in [0.25, 0.3) is 11.4 Å². The molecular weight excluding hydrogens is 366 g/mol. The number of carbonyl (C=O) groups excluding carboxylic acids is 1. The third-order valence-electron chi connectivity index (χ3n) is 4.49. The highest BCUT2D eigenvalue weighted by Crippen LogP contribution is 2.27. The molecule has 138 valence electrons. The number of amides is 1. The number of aryl methyl sites for hydroxylation is 1. The van der Waals surface area contributed by atoms with Crippen molar-refractivity contribution in [2.75, 3.05) is 25.0 Å². The fourth-order valence-electron chi connectivity index (χ4n) is 2.94. The van der Waals surface area contributed by atoms with Crippen molar-refractivity contribution in [2.45, 2.75) is 12.8 Å². The van der Waals surface area contributed by atoms with Gasteiger partial charge in [0.15, 0.2) is 0 Å². The van der Waals surface area contributed by atoms with Crippen molar-refractivity contribution in [3.63, 3.8) is 0 Å². The Morgan fingerprint density at radius 1 is 1.37 bits per heavy atom. The monoisotopic (exact) mass is 383 g/mol. The number of anilines is 1. The lowest BCUT2D eigenvalue weighted by Crippen LogP contribution is -2.48. The number of rotatable bonds is 5. The van der Waals surface area contributed by atoms with Gasteiger partial charge in [0.1, 0.15) is 0 Å². The van der Waals surface area contributed by atoms with E-state index in [0.29, 0.717) is 42.1 Å². The Morgan fingerprint density at radius 3 is 2.96 bits per heavy atom. The Hall–Kier alpha value is -2.77. The predicted octanol–water partition coefficient (Wildman–Crippen LogP) is 3.13. The molecule has 1 aliphatic rings. The molecule has 1 N–H and O–H groups in total. The second kappa shape index (κ2) is 7.46. The van der Waals surface area contributed by atoms with Gasteiger partial charge in [-0.25, -0.2) is 0 Å². The number of hydrogen-bond acceptors (Lipinski definition) is 6. The summed E-state index contributed by atoms with van der Waals surface area (Å²) in [6, 6.07) is 9.20. The lowest BCUT2D eigenvalue weighted by molar-refractivity contribution is -0.118. The van der Waals surface area contributed by atoms with E-state index in [2.05, 4.69) is 20.4 Å². The highest BCUT2D eigenvalue weighted by Gasteiger charge is 2.33. The molecule has 7 nitrogen and oxygen atoms in total. The molecule has 1 saturated heterocycles. The van der Waals surface area contributed by atoms with Crippen LogP contribution in [0.15, 0.2) is 47.2 Å². The zero-order chi connectivity index (χ0) is 18.8. The molecule has 2 aromatic heterocycles. The van der Waals surface area contributed by atoms with Crippen molar-refractivity contribution < 1.29 is 9.32 Å². The summed E-state index contributed by atoms with van der Waals surface area (Å²) >= 11 is 6.09. The van der Waals surface area contributed by atoms with Gasteiger partial charge in [-0.15, -0.1) is 0 Å². The molecule has 0 aliphatic carbocycles. The second-order valence-corrected chi connectivity index (χ2v) is 7.01. The van der Waals surface area contributed by atoms with Gasteiger partial charge in [0, 0.05) is 41.8 Å².